The van der Waals surface area contributed by atoms with E-state index in [1.807, 2.05) is 31.2 Å². The van der Waals surface area contributed by atoms with E-state index in [-0.39, 0.29) is 11.9 Å². The molecule has 0 saturated carbocycles. The summed E-state index contributed by atoms with van der Waals surface area (Å²) in [5.41, 5.74) is 5.66. The minimum absolute atomic E-state index is 0.199. The van der Waals surface area contributed by atoms with E-state index in [1.165, 1.54) is 12.1 Å². The Hall–Kier alpha value is -0.980. The highest BCUT2D eigenvalue weighted by Crippen LogP contribution is 2.25. The van der Waals surface area contributed by atoms with Crippen LogP contribution in [0, 0.1) is 16.3 Å². The van der Waals surface area contributed by atoms with E-state index < -0.39 is 0 Å². The first-order valence-corrected chi connectivity index (χ1v) is 6.67. The van der Waals surface area contributed by atoms with Gasteiger partial charge in [-0.3, -0.25) is 5.84 Å². The standard InChI is InChI=1S/C14H14FIN2/c1-9-5-6-11(15)8-13(9)14(18-17)10-3-2-4-12(16)7-10/h2-8,14,18H,17H2,1H3. The van der Waals surface area contributed by atoms with Gasteiger partial charge in [-0.2, -0.15) is 0 Å². The molecule has 0 aromatic heterocycles. The maximum absolute atomic E-state index is 13.4. The molecular formula is C14H14FIN2. The number of benzene rings is 2. The Balaban J connectivity index is 2.48. The predicted octanol–water partition coefficient (Wildman–Crippen LogP) is 3.29. The number of hydrogen-bond acceptors (Lipinski definition) is 2. The molecule has 0 aliphatic heterocycles. The van der Waals surface area contributed by atoms with E-state index >= 15 is 0 Å². The van der Waals surface area contributed by atoms with E-state index in [2.05, 4.69) is 28.0 Å². The van der Waals surface area contributed by atoms with Crippen LogP contribution < -0.4 is 11.3 Å². The topological polar surface area (TPSA) is 38.0 Å². The number of hydrazine groups is 1. The highest BCUT2D eigenvalue weighted by molar-refractivity contribution is 14.1. The normalized spacial score (nSPS) is 12.4. The fourth-order valence-electron chi connectivity index (χ4n) is 1.97. The fraction of sp³-hybridized carbons (Fsp3) is 0.143. The Morgan fingerprint density at radius 1 is 1.22 bits per heavy atom. The van der Waals surface area contributed by atoms with Crippen molar-refractivity contribution in [2.75, 3.05) is 0 Å². The average molecular weight is 356 g/mol. The summed E-state index contributed by atoms with van der Waals surface area (Å²) >= 11 is 2.25. The zero-order valence-corrected chi connectivity index (χ0v) is 12.1. The van der Waals surface area contributed by atoms with Crippen molar-refractivity contribution in [3.63, 3.8) is 0 Å². The van der Waals surface area contributed by atoms with Gasteiger partial charge in [0.25, 0.3) is 0 Å². The zero-order valence-electron chi connectivity index (χ0n) is 9.95. The minimum Gasteiger partial charge on any atom is -0.271 e. The van der Waals surface area contributed by atoms with Crippen molar-refractivity contribution in [1.29, 1.82) is 0 Å². The molecule has 0 aliphatic rings. The van der Waals surface area contributed by atoms with Crippen molar-refractivity contribution in [2.24, 2.45) is 5.84 Å². The molecular weight excluding hydrogens is 342 g/mol. The first kappa shape index (κ1) is 13.5. The lowest BCUT2D eigenvalue weighted by molar-refractivity contribution is 0.602. The van der Waals surface area contributed by atoms with Gasteiger partial charge in [-0.1, -0.05) is 18.2 Å². The molecule has 4 heteroatoms. The second-order valence-electron chi connectivity index (χ2n) is 4.16. The molecule has 94 valence electrons. The second-order valence-corrected chi connectivity index (χ2v) is 5.40. The van der Waals surface area contributed by atoms with Crippen LogP contribution in [-0.2, 0) is 0 Å². The van der Waals surface area contributed by atoms with Crippen LogP contribution in [0.2, 0.25) is 0 Å². The monoisotopic (exact) mass is 356 g/mol. The Bertz CT molecular complexity index is 557. The van der Waals surface area contributed by atoms with E-state index in [0.717, 1.165) is 20.3 Å². The van der Waals surface area contributed by atoms with Crippen molar-refractivity contribution in [3.8, 4) is 0 Å². The van der Waals surface area contributed by atoms with Crippen LogP contribution in [0.1, 0.15) is 22.7 Å². The number of aryl methyl sites for hydroxylation is 1. The molecule has 0 bridgehead atoms. The molecule has 0 aliphatic carbocycles. The minimum atomic E-state index is -0.249. The van der Waals surface area contributed by atoms with Gasteiger partial charge in [0, 0.05) is 3.57 Å². The molecule has 2 rings (SSSR count). The van der Waals surface area contributed by atoms with Gasteiger partial charge in [-0.05, 0) is 70.5 Å². The quantitative estimate of drug-likeness (QED) is 0.503. The number of nitrogens with one attached hydrogen (secondary N) is 1. The van der Waals surface area contributed by atoms with Gasteiger partial charge in [0.2, 0.25) is 0 Å². The Labute approximate surface area is 120 Å². The number of halogens is 2. The molecule has 2 aromatic carbocycles. The van der Waals surface area contributed by atoms with Crippen LogP contribution in [0.25, 0.3) is 0 Å². The van der Waals surface area contributed by atoms with Crippen LogP contribution in [-0.4, -0.2) is 0 Å². The van der Waals surface area contributed by atoms with Gasteiger partial charge in [0.05, 0.1) is 6.04 Å². The zero-order chi connectivity index (χ0) is 13.1. The van der Waals surface area contributed by atoms with Crippen molar-refractivity contribution < 1.29 is 4.39 Å². The van der Waals surface area contributed by atoms with Crippen LogP contribution in [0.3, 0.4) is 0 Å². The highest BCUT2D eigenvalue weighted by Gasteiger charge is 2.15. The van der Waals surface area contributed by atoms with Crippen LogP contribution in [0.5, 0.6) is 0 Å². The van der Waals surface area contributed by atoms with E-state index in [1.54, 1.807) is 6.07 Å². The van der Waals surface area contributed by atoms with Crippen LogP contribution in [0.15, 0.2) is 42.5 Å². The summed E-state index contributed by atoms with van der Waals surface area (Å²) in [5, 5.41) is 0. The van der Waals surface area contributed by atoms with Gasteiger partial charge in [-0.25, -0.2) is 9.82 Å². The summed E-state index contributed by atoms with van der Waals surface area (Å²) in [5.74, 6) is 5.38. The number of rotatable bonds is 3. The lowest BCUT2D eigenvalue weighted by Crippen LogP contribution is -2.29. The third-order valence-corrected chi connectivity index (χ3v) is 3.57. The van der Waals surface area contributed by atoms with Crippen LogP contribution >= 0.6 is 22.6 Å². The van der Waals surface area contributed by atoms with E-state index in [9.17, 15) is 4.39 Å². The predicted molar refractivity (Wildman–Crippen MR) is 79.5 cm³/mol. The summed E-state index contributed by atoms with van der Waals surface area (Å²) in [6, 6.07) is 12.6. The molecule has 0 amide bonds. The van der Waals surface area contributed by atoms with Gasteiger partial charge >= 0.3 is 0 Å². The van der Waals surface area contributed by atoms with Crippen molar-refractivity contribution in [2.45, 2.75) is 13.0 Å². The molecule has 18 heavy (non-hydrogen) atoms. The SMILES string of the molecule is Cc1ccc(F)cc1C(NN)c1cccc(I)c1. The molecule has 0 radical (unpaired) electrons. The summed E-state index contributed by atoms with van der Waals surface area (Å²) < 4.78 is 14.5. The molecule has 0 fully saturated rings. The van der Waals surface area contributed by atoms with Gasteiger partial charge in [-0.15, -0.1) is 0 Å². The van der Waals surface area contributed by atoms with Crippen molar-refractivity contribution >= 4 is 22.6 Å². The van der Waals surface area contributed by atoms with Gasteiger partial charge < -0.3 is 0 Å². The first-order chi connectivity index (χ1) is 8.61. The van der Waals surface area contributed by atoms with Gasteiger partial charge in [0.15, 0.2) is 0 Å². The summed E-state index contributed by atoms with van der Waals surface area (Å²) in [6.45, 7) is 1.95. The Morgan fingerprint density at radius 2 is 2.00 bits per heavy atom. The maximum Gasteiger partial charge on any atom is 0.123 e. The summed E-state index contributed by atoms with van der Waals surface area (Å²) in [6.07, 6.45) is 0. The highest BCUT2D eigenvalue weighted by atomic mass is 127. The summed E-state index contributed by atoms with van der Waals surface area (Å²) in [4.78, 5) is 0. The fourth-order valence-corrected chi connectivity index (χ4v) is 2.54. The molecule has 2 aromatic rings. The molecule has 0 heterocycles. The lowest BCUT2D eigenvalue weighted by Gasteiger charge is -2.19. The molecule has 2 nitrogen and oxygen atoms in total. The summed E-state index contributed by atoms with van der Waals surface area (Å²) in [7, 11) is 0. The third kappa shape index (κ3) is 2.88. The Kier molecular flexibility index (Phi) is 4.31. The van der Waals surface area contributed by atoms with E-state index in [0.29, 0.717) is 0 Å². The Morgan fingerprint density at radius 3 is 2.67 bits per heavy atom. The number of nitrogens with two attached hydrogens (primary N) is 1. The molecule has 1 unspecified atom stereocenters. The smallest absolute Gasteiger partial charge is 0.123 e. The maximum atomic E-state index is 13.4. The molecule has 1 atom stereocenters. The number of hydrogen-bond donors (Lipinski definition) is 2. The van der Waals surface area contributed by atoms with Crippen molar-refractivity contribution in [3.05, 3.63) is 68.5 Å². The average Bonchev–Trinajstić information content (AvgIpc) is 2.35. The third-order valence-electron chi connectivity index (χ3n) is 2.90. The first-order valence-electron chi connectivity index (χ1n) is 5.59. The lowest BCUT2D eigenvalue weighted by atomic mass is 9.95. The van der Waals surface area contributed by atoms with Gasteiger partial charge in [0.1, 0.15) is 5.82 Å². The second kappa shape index (κ2) is 5.77. The molecule has 3 N–H and O–H groups in total. The van der Waals surface area contributed by atoms with Crippen LogP contribution in [0.4, 0.5) is 4.39 Å². The molecule has 0 spiro atoms. The largest absolute Gasteiger partial charge is 0.271 e. The van der Waals surface area contributed by atoms with Crippen molar-refractivity contribution in [1.82, 2.24) is 5.43 Å². The van der Waals surface area contributed by atoms with E-state index in [4.69, 9.17) is 5.84 Å². The molecule has 0 saturated heterocycles.